The lowest BCUT2D eigenvalue weighted by atomic mass is 10.0. The van der Waals surface area contributed by atoms with E-state index in [0.29, 0.717) is 0 Å². The van der Waals surface area contributed by atoms with E-state index < -0.39 is 0 Å². The van der Waals surface area contributed by atoms with Crippen LogP contribution in [0.2, 0.25) is 0 Å². The lowest BCUT2D eigenvalue weighted by molar-refractivity contribution is 1.24. The normalized spacial score (nSPS) is 10.7. The highest BCUT2D eigenvalue weighted by Crippen LogP contribution is 2.21. The van der Waals surface area contributed by atoms with Crippen LogP contribution in [-0.2, 0) is 0 Å². The summed E-state index contributed by atoms with van der Waals surface area (Å²) in [5.41, 5.74) is 9.95. The van der Waals surface area contributed by atoms with E-state index in [9.17, 15) is 0 Å². The van der Waals surface area contributed by atoms with Crippen molar-refractivity contribution in [1.29, 1.82) is 0 Å². The van der Waals surface area contributed by atoms with Gasteiger partial charge in [-0.2, -0.15) is 10.2 Å². The Kier molecular flexibility index (Phi) is 7.52. The number of hydrogen-bond donors (Lipinski definition) is 1. The molecule has 5 aromatic rings. The highest BCUT2D eigenvalue weighted by Gasteiger charge is 2.09. The summed E-state index contributed by atoms with van der Waals surface area (Å²) < 4.78 is 0. The molecule has 0 amide bonds. The second kappa shape index (κ2) is 11.7. The van der Waals surface area contributed by atoms with E-state index in [0.717, 1.165) is 44.2 Å². The van der Waals surface area contributed by atoms with Crippen LogP contribution in [0, 0.1) is 0 Å². The van der Waals surface area contributed by atoms with E-state index >= 15 is 0 Å². The highest BCUT2D eigenvalue weighted by molar-refractivity contribution is 7.12. The molecule has 0 atom stereocenters. The number of rotatable bonds is 8. The fourth-order valence-corrected chi connectivity index (χ4v) is 4.43. The van der Waals surface area contributed by atoms with E-state index in [1.807, 2.05) is 109 Å². The third-order valence-corrected chi connectivity index (χ3v) is 6.36. The predicted octanol–water partition coefficient (Wildman–Crippen LogP) is 7.48. The monoisotopic (exact) mass is 484 g/mol. The van der Waals surface area contributed by atoms with Gasteiger partial charge in [0.15, 0.2) is 0 Å². The van der Waals surface area contributed by atoms with Crippen LogP contribution >= 0.6 is 11.3 Å². The predicted molar refractivity (Wildman–Crippen MR) is 153 cm³/mol. The van der Waals surface area contributed by atoms with E-state index in [1.165, 1.54) is 0 Å². The maximum atomic E-state index is 4.78. The molecular formula is C31H24N4S. The van der Waals surface area contributed by atoms with Crippen LogP contribution in [-0.4, -0.2) is 17.6 Å². The minimum atomic E-state index is 0.826. The van der Waals surface area contributed by atoms with Crippen LogP contribution in [0.1, 0.15) is 27.1 Å². The van der Waals surface area contributed by atoms with Gasteiger partial charge >= 0.3 is 0 Å². The molecule has 0 saturated heterocycles. The number of benzene rings is 4. The van der Waals surface area contributed by atoms with E-state index in [2.05, 4.69) is 39.9 Å². The summed E-state index contributed by atoms with van der Waals surface area (Å²) in [7, 11) is 0. The second-order valence-electron chi connectivity index (χ2n) is 7.93. The van der Waals surface area contributed by atoms with Crippen molar-refractivity contribution in [1.82, 2.24) is 0 Å². The van der Waals surface area contributed by atoms with Gasteiger partial charge in [0.1, 0.15) is 5.71 Å². The molecule has 5 rings (SSSR count). The van der Waals surface area contributed by atoms with Gasteiger partial charge in [0, 0.05) is 22.3 Å². The summed E-state index contributed by atoms with van der Waals surface area (Å²) in [5, 5.41) is 15.9. The average molecular weight is 485 g/mol. The van der Waals surface area contributed by atoms with Crippen molar-refractivity contribution in [3.8, 4) is 0 Å². The SMILES string of the molecule is C(=N\N=C(c1ccccc1)c1ccccc1)/c1sccc1NN=C(c1ccccc1)c1ccccc1. The van der Waals surface area contributed by atoms with Gasteiger partial charge in [0.05, 0.1) is 22.5 Å². The van der Waals surface area contributed by atoms with E-state index in [1.54, 1.807) is 17.6 Å². The molecule has 4 nitrogen and oxygen atoms in total. The van der Waals surface area contributed by atoms with Crippen molar-refractivity contribution in [2.24, 2.45) is 15.3 Å². The van der Waals surface area contributed by atoms with Crippen LogP contribution < -0.4 is 5.43 Å². The fourth-order valence-electron chi connectivity index (χ4n) is 3.73. The van der Waals surface area contributed by atoms with Gasteiger partial charge in [-0.25, -0.2) is 0 Å². The van der Waals surface area contributed by atoms with Crippen LogP contribution in [0.25, 0.3) is 0 Å². The Bertz CT molecular complexity index is 1390. The standard InChI is InChI=1S/C31H24N4S/c1-5-13-24(14-6-1)30(25-15-7-2-8-16-25)34-32-23-29-28(21-22-36-29)33-35-31(26-17-9-3-10-18-26)27-19-11-4-12-20-27/h1-23,33H/b32-23+. The molecule has 0 saturated carbocycles. The second-order valence-corrected chi connectivity index (χ2v) is 8.88. The maximum Gasteiger partial charge on any atom is 0.100 e. The van der Waals surface area contributed by atoms with E-state index in [4.69, 9.17) is 5.10 Å². The molecule has 0 fully saturated rings. The first-order chi connectivity index (χ1) is 17.9. The van der Waals surface area contributed by atoms with Crippen molar-refractivity contribution in [3.05, 3.63) is 160 Å². The van der Waals surface area contributed by atoms with Gasteiger partial charge in [-0.05, 0) is 11.4 Å². The lowest BCUT2D eigenvalue weighted by Gasteiger charge is -2.08. The van der Waals surface area contributed by atoms with E-state index in [-0.39, 0.29) is 0 Å². The molecule has 0 unspecified atom stereocenters. The van der Waals surface area contributed by atoms with Gasteiger partial charge in [-0.1, -0.05) is 121 Å². The molecule has 1 N–H and O–H groups in total. The lowest BCUT2D eigenvalue weighted by Crippen LogP contribution is -2.06. The van der Waals surface area contributed by atoms with Gasteiger partial charge in [-0.15, -0.1) is 16.4 Å². The minimum Gasteiger partial charge on any atom is -0.276 e. The molecule has 0 aliphatic heterocycles. The Hall–Kier alpha value is -4.61. The number of hydrogen-bond acceptors (Lipinski definition) is 5. The number of anilines is 1. The third kappa shape index (κ3) is 5.71. The Labute approximate surface area is 215 Å². The number of nitrogens with one attached hydrogen (secondary N) is 1. The molecule has 5 heteroatoms. The summed E-state index contributed by atoms with van der Waals surface area (Å²) in [6, 6.07) is 42.5. The van der Waals surface area contributed by atoms with Crippen LogP contribution in [0.4, 0.5) is 5.69 Å². The van der Waals surface area contributed by atoms with Gasteiger partial charge < -0.3 is 0 Å². The molecular weight excluding hydrogens is 460 g/mol. The molecule has 0 aliphatic rings. The van der Waals surface area contributed by atoms with Crippen molar-refractivity contribution >= 4 is 34.7 Å². The summed E-state index contributed by atoms with van der Waals surface area (Å²) in [6.07, 6.45) is 1.78. The van der Waals surface area contributed by atoms with Crippen molar-refractivity contribution < 1.29 is 0 Å². The summed E-state index contributed by atoms with van der Waals surface area (Å²) in [5.74, 6) is 0. The zero-order valence-corrected chi connectivity index (χ0v) is 20.3. The number of hydrazone groups is 1. The summed E-state index contributed by atoms with van der Waals surface area (Å²) in [4.78, 5) is 0.948. The van der Waals surface area contributed by atoms with Crippen LogP contribution in [0.5, 0.6) is 0 Å². The minimum absolute atomic E-state index is 0.826. The van der Waals surface area contributed by atoms with Gasteiger partial charge in [-0.3, -0.25) is 5.43 Å². The Morgan fingerprint density at radius 1 is 0.556 bits per heavy atom. The zero-order valence-electron chi connectivity index (χ0n) is 19.5. The number of nitrogens with zero attached hydrogens (tertiary/aromatic N) is 3. The molecule has 4 aromatic carbocycles. The van der Waals surface area contributed by atoms with Crippen molar-refractivity contribution in [2.45, 2.75) is 0 Å². The maximum absolute atomic E-state index is 4.78. The van der Waals surface area contributed by atoms with Crippen molar-refractivity contribution in [3.63, 3.8) is 0 Å². The highest BCUT2D eigenvalue weighted by atomic mass is 32.1. The molecule has 174 valence electrons. The zero-order chi connectivity index (χ0) is 24.4. The molecule has 0 bridgehead atoms. The summed E-state index contributed by atoms with van der Waals surface area (Å²) >= 11 is 1.59. The average Bonchev–Trinajstić information content (AvgIpc) is 3.40. The first-order valence-electron chi connectivity index (χ1n) is 11.6. The quantitative estimate of drug-likeness (QED) is 0.180. The number of thiophene rings is 1. The van der Waals surface area contributed by atoms with Gasteiger partial charge in [0.2, 0.25) is 0 Å². The molecule has 0 radical (unpaired) electrons. The largest absolute Gasteiger partial charge is 0.276 e. The Balaban J connectivity index is 1.43. The smallest absolute Gasteiger partial charge is 0.100 e. The molecule has 1 aromatic heterocycles. The van der Waals surface area contributed by atoms with Gasteiger partial charge in [0.25, 0.3) is 0 Å². The molecule has 36 heavy (non-hydrogen) atoms. The Morgan fingerprint density at radius 3 is 1.47 bits per heavy atom. The fraction of sp³-hybridized carbons (Fsp3) is 0. The summed E-state index contributed by atoms with van der Waals surface area (Å²) in [6.45, 7) is 0. The van der Waals surface area contributed by atoms with Crippen LogP contribution in [0.3, 0.4) is 0 Å². The first kappa shape index (κ1) is 23.1. The molecule has 0 spiro atoms. The van der Waals surface area contributed by atoms with Crippen molar-refractivity contribution in [2.75, 3.05) is 5.43 Å². The molecule has 1 heterocycles. The third-order valence-electron chi connectivity index (χ3n) is 5.50. The topological polar surface area (TPSA) is 49.1 Å². The molecule has 0 aliphatic carbocycles. The first-order valence-corrected chi connectivity index (χ1v) is 12.5. The Morgan fingerprint density at radius 2 is 1.00 bits per heavy atom. The van der Waals surface area contributed by atoms with Crippen LogP contribution in [0.15, 0.2) is 148 Å².